The van der Waals surface area contributed by atoms with E-state index in [4.69, 9.17) is 11.6 Å². The normalized spacial score (nSPS) is 10.4. The quantitative estimate of drug-likeness (QED) is 0.782. The van der Waals surface area contributed by atoms with E-state index in [1.165, 1.54) is 0 Å². The van der Waals surface area contributed by atoms with Crippen LogP contribution in [0.5, 0.6) is 5.75 Å². The molecule has 0 bridgehead atoms. The Kier molecular flexibility index (Phi) is 2.17. The molecular weight excluding hydrogens is 200 g/mol. The Morgan fingerprint density at radius 2 is 2.14 bits per heavy atom. The van der Waals surface area contributed by atoms with Crippen LogP contribution in [0.4, 0.5) is 0 Å². The molecule has 0 spiro atoms. The predicted molar refractivity (Wildman–Crippen MR) is 55.3 cm³/mol. The SMILES string of the molecule is Cn1cc(-c2ccc(Cl)c(O)c2)cn1. The van der Waals surface area contributed by atoms with Gasteiger partial charge in [-0.05, 0) is 17.7 Å². The van der Waals surface area contributed by atoms with Gasteiger partial charge in [0.05, 0.1) is 11.2 Å². The Balaban J connectivity index is 2.47. The first-order chi connectivity index (χ1) is 6.66. The molecule has 0 saturated carbocycles. The van der Waals surface area contributed by atoms with Crippen molar-refractivity contribution in [1.29, 1.82) is 0 Å². The number of aromatic hydroxyl groups is 1. The van der Waals surface area contributed by atoms with Crippen LogP contribution in [0, 0.1) is 0 Å². The molecule has 2 rings (SSSR count). The highest BCUT2D eigenvalue weighted by Gasteiger charge is 2.03. The van der Waals surface area contributed by atoms with E-state index in [0.717, 1.165) is 11.1 Å². The third-order valence-electron chi connectivity index (χ3n) is 1.98. The standard InChI is InChI=1S/C10H9ClN2O/c1-13-6-8(5-12-13)7-2-3-9(11)10(14)4-7/h2-6,14H,1H3. The molecular formula is C10H9ClN2O. The Labute approximate surface area is 86.6 Å². The number of aryl methyl sites for hydroxylation is 1. The number of benzene rings is 1. The highest BCUT2D eigenvalue weighted by atomic mass is 35.5. The summed E-state index contributed by atoms with van der Waals surface area (Å²) in [6, 6.07) is 5.14. The predicted octanol–water partition coefficient (Wildman–Crippen LogP) is 2.45. The average Bonchev–Trinajstić information content (AvgIpc) is 2.57. The van der Waals surface area contributed by atoms with Gasteiger partial charge in [-0.25, -0.2) is 0 Å². The number of rotatable bonds is 1. The van der Waals surface area contributed by atoms with E-state index in [2.05, 4.69) is 5.10 Å². The summed E-state index contributed by atoms with van der Waals surface area (Å²) in [6.07, 6.45) is 3.62. The van der Waals surface area contributed by atoms with Crippen molar-refractivity contribution in [2.24, 2.45) is 7.05 Å². The first kappa shape index (κ1) is 9.09. The maximum atomic E-state index is 9.41. The van der Waals surface area contributed by atoms with Crippen molar-refractivity contribution in [2.75, 3.05) is 0 Å². The molecule has 0 aliphatic carbocycles. The van der Waals surface area contributed by atoms with E-state index < -0.39 is 0 Å². The van der Waals surface area contributed by atoms with E-state index in [-0.39, 0.29) is 5.75 Å². The molecule has 1 heterocycles. The number of halogens is 1. The van der Waals surface area contributed by atoms with E-state index in [1.807, 2.05) is 19.3 Å². The number of hydrogen-bond donors (Lipinski definition) is 1. The third-order valence-corrected chi connectivity index (χ3v) is 2.30. The topological polar surface area (TPSA) is 38.0 Å². The van der Waals surface area contributed by atoms with Crippen molar-refractivity contribution in [3.05, 3.63) is 35.6 Å². The van der Waals surface area contributed by atoms with E-state index >= 15 is 0 Å². The fraction of sp³-hybridized carbons (Fsp3) is 0.100. The molecule has 0 aliphatic heterocycles. The van der Waals surface area contributed by atoms with Crippen LogP contribution in [-0.2, 0) is 7.05 Å². The van der Waals surface area contributed by atoms with Gasteiger partial charge in [-0.15, -0.1) is 0 Å². The van der Waals surface area contributed by atoms with Gasteiger partial charge < -0.3 is 5.11 Å². The van der Waals surface area contributed by atoms with Crippen LogP contribution < -0.4 is 0 Å². The Morgan fingerprint density at radius 3 is 2.71 bits per heavy atom. The second kappa shape index (κ2) is 3.35. The fourth-order valence-corrected chi connectivity index (χ4v) is 1.38. The largest absolute Gasteiger partial charge is 0.506 e. The van der Waals surface area contributed by atoms with Crippen LogP contribution in [0.3, 0.4) is 0 Å². The zero-order valence-corrected chi connectivity index (χ0v) is 8.36. The number of phenols is 1. The van der Waals surface area contributed by atoms with Crippen molar-refractivity contribution in [1.82, 2.24) is 9.78 Å². The first-order valence-corrected chi connectivity index (χ1v) is 4.52. The Bertz CT molecular complexity index is 465. The fourth-order valence-electron chi connectivity index (χ4n) is 1.26. The Morgan fingerprint density at radius 1 is 1.36 bits per heavy atom. The molecule has 4 heteroatoms. The first-order valence-electron chi connectivity index (χ1n) is 4.14. The maximum Gasteiger partial charge on any atom is 0.134 e. The van der Waals surface area contributed by atoms with Gasteiger partial charge in [0.2, 0.25) is 0 Å². The molecule has 0 atom stereocenters. The summed E-state index contributed by atoms with van der Waals surface area (Å²) < 4.78 is 1.71. The van der Waals surface area contributed by atoms with Gasteiger partial charge in [-0.2, -0.15) is 5.10 Å². The molecule has 0 amide bonds. The average molecular weight is 209 g/mol. The van der Waals surface area contributed by atoms with Crippen molar-refractivity contribution in [3.63, 3.8) is 0 Å². The van der Waals surface area contributed by atoms with Gasteiger partial charge in [0.15, 0.2) is 0 Å². The van der Waals surface area contributed by atoms with Crippen LogP contribution in [0.1, 0.15) is 0 Å². The number of nitrogens with zero attached hydrogens (tertiary/aromatic N) is 2. The third kappa shape index (κ3) is 1.59. The summed E-state index contributed by atoms with van der Waals surface area (Å²) in [7, 11) is 1.85. The van der Waals surface area contributed by atoms with Gasteiger partial charge in [0, 0.05) is 18.8 Å². The van der Waals surface area contributed by atoms with Gasteiger partial charge in [-0.3, -0.25) is 4.68 Å². The van der Waals surface area contributed by atoms with Crippen molar-refractivity contribution < 1.29 is 5.11 Å². The maximum absolute atomic E-state index is 9.41. The monoisotopic (exact) mass is 208 g/mol. The number of hydrogen-bond acceptors (Lipinski definition) is 2. The molecule has 0 radical (unpaired) electrons. The molecule has 0 saturated heterocycles. The molecule has 1 aromatic carbocycles. The van der Waals surface area contributed by atoms with Gasteiger partial charge in [0.25, 0.3) is 0 Å². The molecule has 0 aliphatic rings. The zero-order chi connectivity index (χ0) is 10.1. The summed E-state index contributed by atoms with van der Waals surface area (Å²) in [4.78, 5) is 0. The second-order valence-corrected chi connectivity index (χ2v) is 3.48. The smallest absolute Gasteiger partial charge is 0.134 e. The molecule has 2 aromatic rings. The number of aromatic nitrogens is 2. The zero-order valence-electron chi connectivity index (χ0n) is 7.61. The summed E-state index contributed by atoms with van der Waals surface area (Å²) >= 11 is 5.70. The lowest BCUT2D eigenvalue weighted by Crippen LogP contribution is -1.84. The van der Waals surface area contributed by atoms with Crippen LogP contribution in [0.25, 0.3) is 11.1 Å². The molecule has 0 fully saturated rings. The van der Waals surface area contributed by atoms with Crippen LogP contribution in [-0.4, -0.2) is 14.9 Å². The summed E-state index contributed by atoms with van der Waals surface area (Å²) in [5, 5.41) is 13.8. The number of phenolic OH excluding ortho intramolecular Hbond substituents is 1. The highest BCUT2D eigenvalue weighted by Crippen LogP contribution is 2.28. The summed E-state index contributed by atoms with van der Waals surface area (Å²) in [6.45, 7) is 0. The molecule has 1 N–H and O–H groups in total. The van der Waals surface area contributed by atoms with Gasteiger partial charge >= 0.3 is 0 Å². The van der Waals surface area contributed by atoms with Gasteiger partial charge in [0.1, 0.15) is 5.75 Å². The lowest BCUT2D eigenvalue weighted by Gasteiger charge is -1.99. The van der Waals surface area contributed by atoms with Crippen LogP contribution in [0.2, 0.25) is 5.02 Å². The molecule has 1 aromatic heterocycles. The molecule has 72 valence electrons. The van der Waals surface area contributed by atoms with Crippen LogP contribution >= 0.6 is 11.6 Å². The van der Waals surface area contributed by atoms with Crippen molar-refractivity contribution in [2.45, 2.75) is 0 Å². The molecule has 3 nitrogen and oxygen atoms in total. The van der Waals surface area contributed by atoms with E-state index in [9.17, 15) is 5.11 Å². The second-order valence-electron chi connectivity index (χ2n) is 3.07. The van der Waals surface area contributed by atoms with E-state index in [1.54, 1.807) is 23.0 Å². The molecule has 14 heavy (non-hydrogen) atoms. The minimum atomic E-state index is 0.0908. The van der Waals surface area contributed by atoms with Crippen molar-refractivity contribution >= 4 is 11.6 Å². The Hall–Kier alpha value is -1.48. The van der Waals surface area contributed by atoms with Crippen LogP contribution in [0.15, 0.2) is 30.6 Å². The summed E-state index contributed by atoms with van der Waals surface area (Å²) in [5.41, 5.74) is 1.86. The highest BCUT2D eigenvalue weighted by molar-refractivity contribution is 6.32. The summed E-state index contributed by atoms with van der Waals surface area (Å²) in [5.74, 6) is 0.0908. The minimum absolute atomic E-state index is 0.0908. The van der Waals surface area contributed by atoms with Crippen molar-refractivity contribution in [3.8, 4) is 16.9 Å². The minimum Gasteiger partial charge on any atom is -0.506 e. The van der Waals surface area contributed by atoms with Gasteiger partial charge in [-0.1, -0.05) is 17.7 Å². The lowest BCUT2D eigenvalue weighted by molar-refractivity contribution is 0.476. The lowest BCUT2D eigenvalue weighted by atomic mass is 10.1. The van der Waals surface area contributed by atoms with E-state index in [0.29, 0.717) is 5.02 Å². The molecule has 0 unspecified atom stereocenters.